The Hall–Kier alpha value is -1.56. The van der Waals surface area contributed by atoms with Crippen LogP contribution in [0.25, 0.3) is 0 Å². The highest BCUT2D eigenvalue weighted by Gasteiger charge is 2.46. The fraction of sp³-hybridized carbons (Fsp3) is 0.500. The fourth-order valence-electron chi connectivity index (χ4n) is 1.96. The standard InChI is InChI=1S/C14H17F3N2O/c1-9(19-12(20)13(18)6-7-13)8-10-2-4-11(5-3-10)14(15,16)17/h2-5,9H,6-8,18H2,1H3,(H,19,20). The monoisotopic (exact) mass is 286 g/mol. The average molecular weight is 286 g/mol. The molecule has 6 heteroatoms. The van der Waals surface area contributed by atoms with E-state index in [0.717, 1.165) is 17.7 Å². The number of amides is 1. The Kier molecular flexibility index (Phi) is 3.77. The molecule has 1 aliphatic carbocycles. The molecule has 3 nitrogen and oxygen atoms in total. The van der Waals surface area contributed by atoms with Gasteiger partial charge in [0.1, 0.15) is 0 Å². The van der Waals surface area contributed by atoms with Crippen LogP contribution in [0.3, 0.4) is 0 Å². The summed E-state index contributed by atoms with van der Waals surface area (Å²) in [5.74, 6) is -0.183. The lowest BCUT2D eigenvalue weighted by atomic mass is 10.0. The molecule has 110 valence electrons. The third kappa shape index (κ3) is 3.50. The van der Waals surface area contributed by atoms with Crippen LogP contribution in [0, 0.1) is 0 Å². The zero-order chi connectivity index (χ0) is 15.0. The molecule has 1 aromatic carbocycles. The minimum absolute atomic E-state index is 0.166. The number of alkyl halides is 3. The molecular formula is C14H17F3N2O. The van der Waals surface area contributed by atoms with Crippen LogP contribution < -0.4 is 11.1 Å². The normalized spacial score (nSPS) is 18.4. The summed E-state index contributed by atoms with van der Waals surface area (Å²) in [5, 5.41) is 2.79. The highest BCUT2D eigenvalue weighted by molar-refractivity contribution is 5.89. The zero-order valence-electron chi connectivity index (χ0n) is 11.1. The van der Waals surface area contributed by atoms with E-state index in [-0.39, 0.29) is 11.9 Å². The van der Waals surface area contributed by atoms with E-state index >= 15 is 0 Å². The SMILES string of the molecule is CC(Cc1ccc(C(F)(F)F)cc1)NC(=O)C1(N)CC1. The van der Waals surface area contributed by atoms with E-state index in [0.29, 0.717) is 19.3 Å². The van der Waals surface area contributed by atoms with Gasteiger partial charge in [0.15, 0.2) is 0 Å². The molecule has 0 heterocycles. The molecule has 0 radical (unpaired) electrons. The predicted molar refractivity (Wildman–Crippen MR) is 68.9 cm³/mol. The van der Waals surface area contributed by atoms with Crippen molar-refractivity contribution in [2.24, 2.45) is 5.73 Å². The number of hydrogen-bond acceptors (Lipinski definition) is 2. The Morgan fingerprint density at radius 3 is 2.35 bits per heavy atom. The maximum atomic E-state index is 12.4. The molecule has 1 fully saturated rings. The van der Waals surface area contributed by atoms with Crippen LogP contribution in [0.2, 0.25) is 0 Å². The van der Waals surface area contributed by atoms with Crippen molar-refractivity contribution in [3.8, 4) is 0 Å². The van der Waals surface area contributed by atoms with E-state index in [1.807, 2.05) is 0 Å². The molecular weight excluding hydrogens is 269 g/mol. The predicted octanol–water partition coefficient (Wildman–Crippen LogP) is 2.24. The van der Waals surface area contributed by atoms with Crippen LogP contribution in [0.4, 0.5) is 13.2 Å². The Bertz CT molecular complexity index is 492. The number of hydrogen-bond donors (Lipinski definition) is 2. The smallest absolute Gasteiger partial charge is 0.352 e. The summed E-state index contributed by atoms with van der Waals surface area (Å²) in [4.78, 5) is 11.7. The van der Waals surface area contributed by atoms with Gasteiger partial charge in [-0.1, -0.05) is 12.1 Å². The van der Waals surface area contributed by atoms with Crippen LogP contribution in [0.5, 0.6) is 0 Å². The minimum Gasteiger partial charge on any atom is -0.352 e. The van der Waals surface area contributed by atoms with Crippen LogP contribution in [-0.2, 0) is 17.4 Å². The number of carbonyl (C=O) groups is 1. The molecule has 0 spiro atoms. The van der Waals surface area contributed by atoms with Crippen LogP contribution in [-0.4, -0.2) is 17.5 Å². The van der Waals surface area contributed by atoms with Crippen molar-refractivity contribution >= 4 is 5.91 Å². The second kappa shape index (κ2) is 5.09. The maximum absolute atomic E-state index is 12.4. The second-order valence-electron chi connectivity index (χ2n) is 5.43. The first-order chi connectivity index (χ1) is 9.21. The molecule has 1 aliphatic rings. The summed E-state index contributed by atoms with van der Waals surface area (Å²) in [5.41, 5.74) is 5.11. The van der Waals surface area contributed by atoms with E-state index < -0.39 is 17.3 Å². The third-order valence-electron chi connectivity index (χ3n) is 3.44. The summed E-state index contributed by atoms with van der Waals surface area (Å²) in [7, 11) is 0. The van der Waals surface area contributed by atoms with Crippen molar-refractivity contribution in [2.45, 2.75) is 43.9 Å². The van der Waals surface area contributed by atoms with Crippen molar-refractivity contribution in [1.82, 2.24) is 5.32 Å². The van der Waals surface area contributed by atoms with E-state index in [2.05, 4.69) is 5.32 Å². The lowest BCUT2D eigenvalue weighted by Crippen LogP contribution is -2.46. The largest absolute Gasteiger partial charge is 0.416 e. The highest BCUT2D eigenvalue weighted by atomic mass is 19.4. The first kappa shape index (κ1) is 14.8. The van der Waals surface area contributed by atoms with Crippen molar-refractivity contribution in [2.75, 3.05) is 0 Å². The van der Waals surface area contributed by atoms with E-state index in [1.165, 1.54) is 12.1 Å². The number of carbonyl (C=O) groups excluding carboxylic acids is 1. The number of halogens is 3. The number of nitrogens with two attached hydrogens (primary N) is 1. The van der Waals surface area contributed by atoms with Gasteiger partial charge < -0.3 is 11.1 Å². The molecule has 0 bridgehead atoms. The van der Waals surface area contributed by atoms with E-state index in [4.69, 9.17) is 5.73 Å². The van der Waals surface area contributed by atoms with Crippen molar-refractivity contribution < 1.29 is 18.0 Å². The Labute approximate surface area is 115 Å². The molecule has 0 saturated heterocycles. The lowest BCUT2D eigenvalue weighted by molar-refractivity contribution is -0.137. The highest BCUT2D eigenvalue weighted by Crippen LogP contribution is 2.32. The Morgan fingerprint density at radius 1 is 1.35 bits per heavy atom. The molecule has 1 amide bonds. The molecule has 0 aliphatic heterocycles. The second-order valence-corrected chi connectivity index (χ2v) is 5.43. The molecule has 1 unspecified atom stereocenters. The van der Waals surface area contributed by atoms with Crippen molar-refractivity contribution in [1.29, 1.82) is 0 Å². The van der Waals surface area contributed by atoms with Gasteiger partial charge in [-0.15, -0.1) is 0 Å². The Balaban J connectivity index is 1.91. The van der Waals surface area contributed by atoms with Crippen LogP contribution >= 0.6 is 0 Å². The van der Waals surface area contributed by atoms with Gasteiger partial charge in [0.25, 0.3) is 0 Å². The van der Waals surface area contributed by atoms with Crippen LogP contribution in [0.15, 0.2) is 24.3 Å². The molecule has 1 aromatic rings. The van der Waals surface area contributed by atoms with Gasteiger partial charge in [-0.05, 0) is 43.9 Å². The van der Waals surface area contributed by atoms with Gasteiger partial charge in [-0.3, -0.25) is 4.79 Å². The lowest BCUT2D eigenvalue weighted by Gasteiger charge is -2.17. The van der Waals surface area contributed by atoms with E-state index in [9.17, 15) is 18.0 Å². The van der Waals surface area contributed by atoms with E-state index in [1.54, 1.807) is 6.92 Å². The van der Waals surface area contributed by atoms with Crippen molar-refractivity contribution in [3.63, 3.8) is 0 Å². The molecule has 1 saturated carbocycles. The van der Waals surface area contributed by atoms with Gasteiger partial charge in [-0.25, -0.2) is 0 Å². The summed E-state index contributed by atoms with van der Waals surface area (Å²) < 4.78 is 37.3. The molecule has 2 rings (SSSR count). The molecule has 0 aromatic heterocycles. The number of nitrogens with one attached hydrogen (secondary N) is 1. The van der Waals surface area contributed by atoms with Gasteiger partial charge in [0.05, 0.1) is 11.1 Å². The van der Waals surface area contributed by atoms with Crippen LogP contribution in [0.1, 0.15) is 30.9 Å². The zero-order valence-corrected chi connectivity index (χ0v) is 11.1. The van der Waals surface area contributed by atoms with Crippen molar-refractivity contribution in [3.05, 3.63) is 35.4 Å². The van der Waals surface area contributed by atoms with Gasteiger partial charge in [0.2, 0.25) is 5.91 Å². The topological polar surface area (TPSA) is 55.1 Å². The third-order valence-corrected chi connectivity index (χ3v) is 3.44. The molecule has 20 heavy (non-hydrogen) atoms. The Morgan fingerprint density at radius 2 is 1.90 bits per heavy atom. The summed E-state index contributed by atoms with van der Waals surface area (Å²) in [6.07, 6.45) is -2.48. The summed E-state index contributed by atoms with van der Waals surface area (Å²) >= 11 is 0. The van der Waals surface area contributed by atoms with Gasteiger partial charge in [-0.2, -0.15) is 13.2 Å². The fourth-order valence-corrected chi connectivity index (χ4v) is 1.96. The van der Waals surface area contributed by atoms with Gasteiger partial charge >= 0.3 is 6.18 Å². The summed E-state index contributed by atoms with van der Waals surface area (Å²) in [6, 6.07) is 4.80. The first-order valence-corrected chi connectivity index (χ1v) is 6.47. The first-order valence-electron chi connectivity index (χ1n) is 6.47. The van der Waals surface area contributed by atoms with Gasteiger partial charge in [0, 0.05) is 6.04 Å². The minimum atomic E-state index is -4.32. The average Bonchev–Trinajstić information content (AvgIpc) is 3.08. The number of rotatable bonds is 4. The number of benzene rings is 1. The maximum Gasteiger partial charge on any atom is 0.416 e. The molecule has 3 N–H and O–H groups in total. The molecule has 1 atom stereocenters. The summed E-state index contributed by atoms with van der Waals surface area (Å²) in [6.45, 7) is 1.81. The quantitative estimate of drug-likeness (QED) is 0.892.